The first-order chi connectivity index (χ1) is 12.6. The first-order valence-corrected chi connectivity index (χ1v) is 8.94. The highest BCUT2D eigenvalue weighted by Crippen LogP contribution is 2.29. The van der Waals surface area contributed by atoms with Gasteiger partial charge in [0.2, 0.25) is 0 Å². The lowest BCUT2D eigenvalue weighted by atomic mass is 10.1. The molecule has 0 spiro atoms. The average molecular weight is 373 g/mol. The van der Waals surface area contributed by atoms with Crippen LogP contribution in [0.25, 0.3) is 11.0 Å². The van der Waals surface area contributed by atoms with Crippen LogP contribution in [0.1, 0.15) is 45.2 Å². The zero-order valence-electron chi connectivity index (χ0n) is 15.9. The molecule has 1 amide bonds. The maximum Gasteiger partial charge on any atom is 0.408 e. The molecule has 0 radical (unpaired) electrons. The van der Waals surface area contributed by atoms with Crippen molar-refractivity contribution in [1.29, 1.82) is 0 Å². The fraction of sp³-hybridized carbons (Fsp3) is 0.450. The maximum atomic E-state index is 12.2. The first kappa shape index (κ1) is 18.9. The van der Waals surface area contributed by atoms with Crippen LogP contribution in [-0.4, -0.2) is 23.7 Å². The Hall–Kier alpha value is -2.83. The summed E-state index contributed by atoms with van der Waals surface area (Å²) in [5, 5.41) is 3.29. The van der Waals surface area contributed by atoms with Crippen molar-refractivity contribution >= 4 is 23.0 Å². The molecule has 7 heteroatoms. The Labute approximate surface area is 156 Å². The van der Waals surface area contributed by atoms with E-state index in [2.05, 4.69) is 5.32 Å². The summed E-state index contributed by atoms with van der Waals surface area (Å²) in [4.78, 5) is 36.0. The van der Waals surface area contributed by atoms with Crippen molar-refractivity contribution in [3.05, 3.63) is 39.7 Å². The Morgan fingerprint density at radius 1 is 1.19 bits per heavy atom. The number of rotatable bonds is 3. The number of esters is 1. The number of amides is 1. The number of aryl methyl sites for hydroxylation is 1. The molecule has 27 heavy (non-hydrogen) atoms. The second-order valence-electron chi connectivity index (χ2n) is 7.65. The average Bonchev–Trinajstić information content (AvgIpc) is 3.03. The lowest BCUT2D eigenvalue weighted by molar-refractivity contribution is -0.136. The summed E-state index contributed by atoms with van der Waals surface area (Å²) >= 11 is 0. The number of alkyl carbamates (subject to hydrolysis) is 1. The van der Waals surface area contributed by atoms with E-state index in [9.17, 15) is 14.4 Å². The quantitative estimate of drug-likeness (QED) is 0.505. The van der Waals surface area contributed by atoms with Crippen molar-refractivity contribution in [1.82, 2.24) is 5.32 Å². The van der Waals surface area contributed by atoms with Crippen LogP contribution in [0.4, 0.5) is 4.79 Å². The number of benzene rings is 1. The van der Waals surface area contributed by atoms with Gasteiger partial charge in [0.15, 0.2) is 0 Å². The minimum absolute atomic E-state index is 0.242. The minimum atomic E-state index is -0.900. The number of carbonyl (C=O) groups is 2. The Morgan fingerprint density at radius 3 is 2.59 bits per heavy atom. The van der Waals surface area contributed by atoms with E-state index < -0.39 is 23.7 Å². The molecule has 1 heterocycles. The number of carbonyl (C=O) groups excluding carboxylic acids is 2. The van der Waals surface area contributed by atoms with Gasteiger partial charge in [0.05, 0.1) is 0 Å². The molecule has 1 N–H and O–H groups in total. The van der Waals surface area contributed by atoms with Crippen molar-refractivity contribution in [3.63, 3.8) is 0 Å². The maximum absolute atomic E-state index is 12.2. The van der Waals surface area contributed by atoms with Gasteiger partial charge in [-0.2, -0.15) is 0 Å². The third-order valence-electron chi connectivity index (χ3n) is 4.25. The monoisotopic (exact) mass is 373 g/mol. The smallest absolute Gasteiger partial charge is 0.408 e. The Bertz CT molecular complexity index is 953. The normalized spacial score (nSPS) is 14.5. The van der Waals surface area contributed by atoms with Crippen molar-refractivity contribution in [2.75, 3.05) is 0 Å². The van der Waals surface area contributed by atoms with E-state index in [4.69, 9.17) is 13.9 Å². The lowest BCUT2D eigenvalue weighted by Crippen LogP contribution is -2.43. The molecule has 3 rings (SSSR count). The summed E-state index contributed by atoms with van der Waals surface area (Å²) in [7, 11) is 0. The standard InChI is InChI=1S/C20H23NO6/c1-11(21-19(24)27-20(2,3)4)17(22)25-12-8-9-14-13-6-5-7-15(13)18(23)26-16(14)10-12/h8-11H,5-7H2,1-4H3,(H,21,24)/t11-/m0/s1. The van der Waals surface area contributed by atoms with Gasteiger partial charge in [0.25, 0.3) is 0 Å². The van der Waals surface area contributed by atoms with Crippen LogP contribution < -0.4 is 15.7 Å². The molecule has 0 bridgehead atoms. The lowest BCUT2D eigenvalue weighted by Gasteiger charge is -2.21. The van der Waals surface area contributed by atoms with E-state index in [-0.39, 0.29) is 11.4 Å². The van der Waals surface area contributed by atoms with Gasteiger partial charge < -0.3 is 19.2 Å². The van der Waals surface area contributed by atoms with E-state index in [1.807, 2.05) is 0 Å². The van der Waals surface area contributed by atoms with Crippen LogP contribution in [0.5, 0.6) is 5.75 Å². The molecule has 144 valence electrons. The van der Waals surface area contributed by atoms with E-state index in [1.54, 1.807) is 32.9 Å². The molecule has 2 aromatic rings. The zero-order chi connectivity index (χ0) is 19.8. The third-order valence-corrected chi connectivity index (χ3v) is 4.25. The minimum Gasteiger partial charge on any atom is -0.444 e. The highest BCUT2D eigenvalue weighted by molar-refractivity contribution is 5.86. The zero-order valence-corrected chi connectivity index (χ0v) is 15.9. The Balaban J connectivity index is 1.73. The molecule has 1 aliphatic rings. The molecule has 7 nitrogen and oxygen atoms in total. The first-order valence-electron chi connectivity index (χ1n) is 8.94. The number of hydrogen-bond donors (Lipinski definition) is 1. The molecule has 1 aromatic heterocycles. The molecule has 0 unspecified atom stereocenters. The van der Waals surface area contributed by atoms with Gasteiger partial charge in [-0.15, -0.1) is 0 Å². The SMILES string of the molecule is C[C@H](NC(=O)OC(C)(C)C)C(=O)Oc1ccc2c3c(c(=O)oc2c1)CCC3. The molecule has 1 atom stereocenters. The van der Waals surface area contributed by atoms with Gasteiger partial charge in [-0.1, -0.05) is 0 Å². The van der Waals surface area contributed by atoms with Gasteiger partial charge >= 0.3 is 17.7 Å². The number of nitrogens with one attached hydrogen (secondary N) is 1. The van der Waals surface area contributed by atoms with E-state index >= 15 is 0 Å². The highest BCUT2D eigenvalue weighted by atomic mass is 16.6. The fourth-order valence-corrected chi connectivity index (χ4v) is 3.08. The summed E-state index contributed by atoms with van der Waals surface area (Å²) in [5.41, 5.74) is 1.14. The molecule has 0 aliphatic heterocycles. The van der Waals surface area contributed by atoms with Crippen LogP contribution in [0.2, 0.25) is 0 Å². The summed E-state index contributed by atoms with van der Waals surface area (Å²) in [5.74, 6) is -0.407. The van der Waals surface area contributed by atoms with Gasteiger partial charge in [-0.05, 0) is 64.7 Å². The van der Waals surface area contributed by atoms with Crippen molar-refractivity contribution in [2.24, 2.45) is 0 Å². The van der Waals surface area contributed by atoms with Crippen LogP contribution in [0.3, 0.4) is 0 Å². The number of ether oxygens (including phenoxy) is 2. The van der Waals surface area contributed by atoms with Crippen molar-refractivity contribution in [2.45, 2.75) is 58.6 Å². The molecular formula is C20H23NO6. The largest absolute Gasteiger partial charge is 0.444 e. The summed E-state index contributed by atoms with van der Waals surface area (Å²) in [6, 6.07) is 4.06. The highest BCUT2D eigenvalue weighted by Gasteiger charge is 2.23. The summed E-state index contributed by atoms with van der Waals surface area (Å²) in [6.45, 7) is 6.69. The number of hydrogen-bond acceptors (Lipinski definition) is 6. The summed E-state index contributed by atoms with van der Waals surface area (Å²) in [6.07, 6.45) is 1.81. The molecule has 0 fully saturated rings. The Morgan fingerprint density at radius 2 is 1.89 bits per heavy atom. The molecule has 0 saturated carbocycles. The molecule has 0 saturated heterocycles. The second-order valence-corrected chi connectivity index (χ2v) is 7.65. The van der Waals surface area contributed by atoms with Crippen LogP contribution in [-0.2, 0) is 22.4 Å². The molecule has 1 aromatic carbocycles. The van der Waals surface area contributed by atoms with Gasteiger partial charge in [-0.3, -0.25) is 0 Å². The van der Waals surface area contributed by atoms with Gasteiger partial charge in [0, 0.05) is 17.0 Å². The fourth-order valence-electron chi connectivity index (χ4n) is 3.08. The molecule has 1 aliphatic carbocycles. The predicted molar refractivity (Wildman–Crippen MR) is 99.0 cm³/mol. The van der Waals surface area contributed by atoms with E-state index in [1.165, 1.54) is 13.0 Å². The molecular weight excluding hydrogens is 350 g/mol. The topological polar surface area (TPSA) is 94.8 Å². The van der Waals surface area contributed by atoms with Crippen molar-refractivity contribution in [3.8, 4) is 5.75 Å². The Kier molecular flexibility index (Phi) is 4.95. The second kappa shape index (κ2) is 7.06. The van der Waals surface area contributed by atoms with Crippen LogP contribution >= 0.6 is 0 Å². The van der Waals surface area contributed by atoms with Crippen LogP contribution in [0.15, 0.2) is 27.4 Å². The third kappa shape index (κ3) is 4.30. The van der Waals surface area contributed by atoms with Crippen LogP contribution in [0, 0.1) is 0 Å². The number of fused-ring (bicyclic) bond motifs is 3. The van der Waals surface area contributed by atoms with E-state index in [0.717, 1.165) is 35.8 Å². The summed E-state index contributed by atoms with van der Waals surface area (Å²) < 4.78 is 15.8. The van der Waals surface area contributed by atoms with Crippen molar-refractivity contribution < 1.29 is 23.5 Å². The van der Waals surface area contributed by atoms with Gasteiger partial charge in [0.1, 0.15) is 23.0 Å². The predicted octanol–water partition coefficient (Wildman–Crippen LogP) is 3.10. The van der Waals surface area contributed by atoms with E-state index in [0.29, 0.717) is 5.58 Å². The van der Waals surface area contributed by atoms with Gasteiger partial charge in [-0.25, -0.2) is 14.4 Å².